The van der Waals surface area contributed by atoms with Gasteiger partial charge in [-0.2, -0.15) is 0 Å². The Morgan fingerprint density at radius 2 is 1.05 bits per heavy atom. The van der Waals surface area contributed by atoms with Crippen LogP contribution >= 0.6 is 0 Å². The summed E-state index contributed by atoms with van der Waals surface area (Å²) in [5, 5.41) is 0. The van der Waals surface area contributed by atoms with Gasteiger partial charge in [0.25, 0.3) is 0 Å². The van der Waals surface area contributed by atoms with Crippen LogP contribution in [0, 0.1) is 0 Å². The zero-order valence-corrected chi connectivity index (χ0v) is 10.8. The van der Waals surface area contributed by atoms with Gasteiger partial charge >= 0.3 is 0 Å². The molecule has 0 bridgehead atoms. The molecule has 10 heteroatoms. The number of primary amides is 4. The van der Waals surface area contributed by atoms with Gasteiger partial charge in [-0.15, -0.1) is 0 Å². The standard InChI is InChI=1S/C10H18N6O4/c11-7(17)3-15-1-5(9(13)19)16(4-8(12)18)2-6(15)10(14)20/h5-6H,1-4H2,(H2,11,17)(H2,12,18)(H2,13,19)(H2,14,20)/t5-,6-/m1/s1. The molecule has 0 saturated carbocycles. The van der Waals surface area contributed by atoms with Crippen molar-refractivity contribution in [3.63, 3.8) is 0 Å². The molecule has 0 aromatic carbocycles. The predicted molar refractivity (Wildman–Crippen MR) is 67.5 cm³/mol. The minimum Gasteiger partial charge on any atom is -0.369 e. The molecule has 10 nitrogen and oxygen atoms in total. The fourth-order valence-electron chi connectivity index (χ4n) is 2.22. The molecule has 8 N–H and O–H groups in total. The second-order valence-corrected chi connectivity index (χ2v) is 4.63. The number of carbonyl (C=O) groups excluding carboxylic acids is 4. The van der Waals surface area contributed by atoms with Crippen LogP contribution in [0.25, 0.3) is 0 Å². The highest BCUT2D eigenvalue weighted by Crippen LogP contribution is 2.15. The second kappa shape index (κ2) is 6.30. The molecular formula is C10H18N6O4. The number of hydrogen-bond donors (Lipinski definition) is 4. The molecule has 0 unspecified atom stereocenters. The average Bonchev–Trinajstić information content (AvgIpc) is 2.28. The first-order valence-corrected chi connectivity index (χ1v) is 5.85. The van der Waals surface area contributed by atoms with Gasteiger partial charge in [0.1, 0.15) is 12.1 Å². The van der Waals surface area contributed by atoms with Crippen LogP contribution in [0.15, 0.2) is 0 Å². The Bertz CT molecular complexity index is 399. The van der Waals surface area contributed by atoms with Crippen LogP contribution in [0.5, 0.6) is 0 Å². The zero-order valence-electron chi connectivity index (χ0n) is 10.8. The third kappa shape index (κ3) is 3.90. The van der Waals surface area contributed by atoms with Gasteiger partial charge in [0.15, 0.2) is 0 Å². The monoisotopic (exact) mass is 286 g/mol. The first-order valence-electron chi connectivity index (χ1n) is 5.85. The zero-order chi connectivity index (χ0) is 15.4. The average molecular weight is 286 g/mol. The van der Waals surface area contributed by atoms with Crippen molar-refractivity contribution in [3.8, 4) is 0 Å². The molecule has 1 heterocycles. The van der Waals surface area contributed by atoms with E-state index in [4.69, 9.17) is 22.9 Å². The van der Waals surface area contributed by atoms with Gasteiger partial charge in [-0.3, -0.25) is 29.0 Å². The second-order valence-electron chi connectivity index (χ2n) is 4.63. The van der Waals surface area contributed by atoms with Gasteiger partial charge in [-0.1, -0.05) is 0 Å². The summed E-state index contributed by atoms with van der Waals surface area (Å²) >= 11 is 0. The van der Waals surface area contributed by atoms with Crippen molar-refractivity contribution in [3.05, 3.63) is 0 Å². The van der Waals surface area contributed by atoms with Crippen molar-refractivity contribution in [1.82, 2.24) is 9.80 Å². The van der Waals surface area contributed by atoms with Crippen molar-refractivity contribution in [1.29, 1.82) is 0 Å². The Balaban J connectivity index is 2.96. The molecule has 0 aromatic rings. The number of nitrogens with two attached hydrogens (primary N) is 4. The quantitative estimate of drug-likeness (QED) is 0.380. The topological polar surface area (TPSA) is 179 Å². The molecule has 112 valence electrons. The predicted octanol–water partition coefficient (Wildman–Crippen LogP) is -4.72. The lowest BCUT2D eigenvalue weighted by atomic mass is 10.0. The van der Waals surface area contributed by atoms with Gasteiger partial charge in [-0.05, 0) is 0 Å². The number of piperazine rings is 1. The maximum absolute atomic E-state index is 11.4. The van der Waals surface area contributed by atoms with Crippen molar-refractivity contribution in [2.45, 2.75) is 12.1 Å². The van der Waals surface area contributed by atoms with E-state index in [1.807, 2.05) is 0 Å². The number of rotatable bonds is 6. The fourth-order valence-corrected chi connectivity index (χ4v) is 2.22. The Morgan fingerprint density at radius 1 is 0.750 bits per heavy atom. The van der Waals surface area contributed by atoms with Crippen LogP contribution in [-0.4, -0.2) is 71.7 Å². The minimum absolute atomic E-state index is 0.0286. The molecule has 0 spiro atoms. The first kappa shape index (κ1) is 15.9. The van der Waals surface area contributed by atoms with Gasteiger partial charge in [0, 0.05) is 13.1 Å². The minimum atomic E-state index is -0.850. The maximum atomic E-state index is 11.4. The number of carbonyl (C=O) groups is 4. The number of nitrogens with zero attached hydrogens (tertiary/aromatic N) is 2. The molecule has 0 radical (unpaired) electrons. The Labute approximate surface area is 115 Å². The van der Waals surface area contributed by atoms with Gasteiger partial charge < -0.3 is 22.9 Å². The van der Waals surface area contributed by atoms with Gasteiger partial charge in [-0.25, -0.2) is 0 Å². The maximum Gasteiger partial charge on any atom is 0.236 e. The highest BCUT2D eigenvalue weighted by Gasteiger charge is 2.39. The van der Waals surface area contributed by atoms with E-state index < -0.39 is 35.7 Å². The molecule has 4 amide bonds. The molecular weight excluding hydrogens is 268 g/mol. The Hall–Kier alpha value is -2.20. The molecule has 1 aliphatic heterocycles. The summed E-state index contributed by atoms with van der Waals surface area (Å²) in [7, 11) is 0. The number of amides is 4. The van der Waals surface area contributed by atoms with E-state index in [1.165, 1.54) is 9.80 Å². The lowest BCUT2D eigenvalue weighted by Gasteiger charge is -2.42. The summed E-state index contributed by atoms with van der Waals surface area (Å²) in [6.45, 7) is -0.526. The molecule has 1 aliphatic rings. The van der Waals surface area contributed by atoms with E-state index in [2.05, 4.69) is 0 Å². The van der Waals surface area contributed by atoms with E-state index in [1.54, 1.807) is 0 Å². The molecule has 1 saturated heterocycles. The van der Waals surface area contributed by atoms with Gasteiger partial charge in [0.2, 0.25) is 23.6 Å². The lowest BCUT2D eigenvalue weighted by Crippen LogP contribution is -2.66. The van der Waals surface area contributed by atoms with E-state index in [-0.39, 0.29) is 26.2 Å². The summed E-state index contributed by atoms with van der Waals surface area (Å²) in [5.41, 5.74) is 20.7. The van der Waals surface area contributed by atoms with Crippen LogP contribution in [0.1, 0.15) is 0 Å². The summed E-state index contributed by atoms with van der Waals surface area (Å²) in [6, 6.07) is -1.70. The third-order valence-corrected chi connectivity index (χ3v) is 3.07. The van der Waals surface area contributed by atoms with Crippen LogP contribution in [0.3, 0.4) is 0 Å². The van der Waals surface area contributed by atoms with E-state index in [0.29, 0.717) is 0 Å². The summed E-state index contributed by atoms with van der Waals surface area (Å²) < 4.78 is 0. The molecule has 0 aromatic heterocycles. The van der Waals surface area contributed by atoms with Crippen LogP contribution < -0.4 is 22.9 Å². The van der Waals surface area contributed by atoms with Crippen molar-refractivity contribution in [2.24, 2.45) is 22.9 Å². The molecule has 1 fully saturated rings. The first-order chi connectivity index (χ1) is 9.22. The SMILES string of the molecule is NC(=O)CN1C[C@H](C(N)=O)N(CC(N)=O)C[C@@H]1C(N)=O. The van der Waals surface area contributed by atoms with Gasteiger partial charge in [0.05, 0.1) is 13.1 Å². The molecule has 1 rings (SSSR count). The van der Waals surface area contributed by atoms with Crippen molar-refractivity contribution >= 4 is 23.6 Å². The summed E-state index contributed by atoms with van der Waals surface area (Å²) in [6.07, 6.45) is 0. The Kier molecular flexibility index (Phi) is 5.00. The lowest BCUT2D eigenvalue weighted by molar-refractivity contribution is -0.138. The summed E-state index contributed by atoms with van der Waals surface area (Å²) in [5.74, 6) is -2.71. The van der Waals surface area contributed by atoms with Crippen LogP contribution in [0.4, 0.5) is 0 Å². The van der Waals surface area contributed by atoms with E-state index in [0.717, 1.165) is 0 Å². The van der Waals surface area contributed by atoms with Crippen LogP contribution in [0.2, 0.25) is 0 Å². The van der Waals surface area contributed by atoms with Crippen molar-refractivity contribution < 1.29 is 19.2 Å². The van der Waals surface area contributed by atoms with E-state index in [9.17, 15) is 19.2 Å². The smallest absolute Gasteiger partial charge is 0.236 e. The highest BCUT2D eigenvalue weighted by molar-refractivity contribution is 5.85. The molecule has 2 atom stereocenters. The Morgan fingerprint density at radius 3 is 1.25 bits per heavy atom. The van der Waals surface area contributed by atoms with E-state index >= 15 is 0 Å². The summed E-state index contributed by atoms with van der Waals surface area (Å²) in [4.78, 5) is 47.6. The highest BCUT2D eigenvalue weighted by atomic mass is 16.2. The largest absolute Gasteiger partial charge is 0.369 e. The normalized spacial score (nSPS) is 24.2. The van der Waals surface area contributed by atoms with Crippen LogP contribution in [-0.2, 0) is 19.2 Å². The molecule has 0 aliphatic carbocycles. The third-order valence-electron chi connectivity index (χ3n) is 3.07. The number of hydrogen-bond acceptors (Lipinski definition) is 6. The van der Waals surface area contributed by atoms with Crippen molar-refractivity contribution in [2.75, 3.05) is 26.2 Å². The fraction of sp³-hybridized carbons (Fsp3) is 0.600. The molecule has 20 heavy (non-hydrogen) atoms.